The molecule has 0 spiro atoms. The van der Waals surface area contributed by atoms with Gasteiger partial charge in [-0.25, -0.2) is 4.98 Å². The molecule has 0 radical (unpaired) electrons. The third-order valence-electron chi connectivity index (χ3n) is 1.84. The van der Waals surface area contributed by atoms with Crippen LogP contribution in [0.3, 0.4) is 0 Å². The molecule has 0 aliphatic carbocycles. The molecule has 5 N–H and O–H groups in total. The van der Waals surface area contributed by atoms with Crippen LogP contribution >= 0.6 is 0 Å². The first kappa shape index (κ1) is 12.4. The number of hydrogen-bond acceptors (Lipinski definition) is 5. The van der Waals surface area contributed by atoms with Crippen molar-refractivity contribution in [3.63, 3.8) is 0 Å². The number of aliphatic hydroxyl groups is 1. The van der Waals surface area contributed by atoms with Crippen molar-refractivity contribution in [1.82, 2.24) is 4.98 Å². The minimum Gasteiger partial charge on any atom is -0.395 e. The second kappa shape index (κ2) is 6.76. The predicted molar refractivity (Wildman–Crippen MR) is 62.1 cm³/mol. The fourth-order valence-corrected chi connectivity index (χ4v) is 1.11. The fraction of sp³-hybridized carbons (Fsp3) is 0.400. The number of hydrogen-bond donors (Lipinski definition) is 4. The Labute approximate surface area is 93.9 Å². The smallest absolute Gasteiger partial charge is 0.225 e. The van der Waals surface area contributed by atoms with E-state index < -0.39 is 0 Å². The summed E-state index contributed by atoms with van der Waals surface area (Å²) in [6.07, 6.45) is 1.85. The number of nitrogens with zero attached hydrogens (tertiary/aromatic N) is 1. The maximum Gasteiger partial charge on any atom is 0.225 e. The summed E-state index contributed by atoms with van der Waals surface area (Å²) in [5.74, 6) is 0.534. The Morgan fingerprint density at radius 3 is 2.88 bits per heavy atom. The SMILES string of the molecule is NCCC(=O)Nc1ccc(NCCO)nc1. The molecule has 1 heterocycles. The Morgan fingerprint density at radius 1 is 1.50 bits per heavy atom. The van der Waals surface area contributed by atoms with E-state index in [1.54, 1.807) is 18.3 Å². The minimum atomic E-state index is -0.125. The van der Waals surface area contributed by atoms with Gasteiger partial charge in [0, 0.05) is 19.5 Å². The van der Waals surface area contributed by atoms with Crippen LogP contribution in [0.2, 0.25) is 0 Å². The largest absolute Gasteiger partial charge is 0.395 e. The maximum atomic E-state index is 11.2. The Kier molecular flexibility index (Phi) is 5.24. The molecule has 0 aromatic carbocycles. The van der Waals surface area contributed by atoms with E-state index in [4.69, 9.17) is 10.8 Å². The molecule has 6 heteroatoms. The second-order valence-corrected chi connectivity index (χ2v) is 3.17. The van der Waals surface area contributed by atoms with Gasteiger partial charge in [-0.1, -0.05) is 0 Å². The first-order valence-electron chi connectivity index (χ1n) is 5.07. The molecular formula is C10H16N4O2. The van der Waals surface area contributed by atoms with Gasteiger partial charge in [0.05, 0.1) is 18.5 Å². The molecular weight excluding hydrogens is 208 g/mol. The van der Waals surface area contributed by atoms with Crippen LogP contribution in [0.5, 0.6) is 0 Å². The average molecular weight is 224 g/mol. The number of nitrogens with one attached hydrogen (secondary N) is 2. The number of amides is 1. The topological polar surface area (TPSA) is 100 Å². The first-order valence-corrected chi connectivity index (χ1v) is 5.07. The highest BCUT2D eigenvalue weighted by Gasteiger charge is 2.00. The lowest BCUT2D eigenvalue weighted by molar-refractivity contribution is -0.116. The average Bonchev–Trinajstić information content (AvgIpc) is 2.28. The highest BCUT2D eigenvalue weighted by Crippen LogP contribution is 2.09. The van der Waals surface area contributed by atoms with Gasteiger partial charge in [0.2, 0.25) is 5.91 Å². The molecule has 88 valence electrons. The molecule has 0 saturated heterocycles. The second-order valence-electron chi connectivity index (χ2n) is 3.17. The zero-order chi connectivity index (χ0) is 11.8. The summed E-state index contributed by atoms with van der Waals surface area (Å²) in [4.78, 5) is 15.3. The molecule has 6 nitrogen and oxygen atoms in total. The summed E-state index contributed by atoms with van der Waals surface area (Å²) >= 11 is 0. The standard InChI is InChI=1S/C10H16N4O2/c11-4-3-10(16)14-8-1-2-9(13-7-8)12-5-6-15/h1-2,7,15H,3-6,11H2,(H,12,13)(H,14,16). The van der Waals surface area contributed by atoms with E-state index in [1.807, 2.05) is 0 Å². The molecule has 0 aliphatic heterocycles. The van der Waals surface area contributed by atoms with Crippen molar-refractivity contribution in [3.8, 4) is 0 Å². The molecule has 0 saturated carbocycles. The van der Waals surface area contributed by atoms with Crippen molar-refractivity contribution in [2.45, 2.75) is 6.42 Å². The van der Waals surface area contributed by atoms with Crippen LogP contribution in [0.1, 0.15) is 6.42 Å². The van der Waals surface area contributed by atoms with Crippen molar-refractivity contribution in [2.24, 2.45) is 5.73 Å². The van der Waals surface area contributed by atoms with Crippen molar-refractivity contribution in [3.05, 3.63) is 18.3 Å². The van der Waals surface area contributed by atoms with Gasteiger partial charge in [-0.05, 0) is 12.1 Å². The zero-order valence-corrected chi connectivity index (χ0v) is 8.94. The fourth-order valence-electron chi connectivity index (χ4n) is 1.11. The van der Waals surface area contributed by atoms with E-state index in [9.17, 15) is 4.79 Å². The van der Waals surface area contributed by atoms with Crippen molar-refractivity contribution < 1.29 is 9.90 Å². The molecule has 1 rings (SSSR count). The Hall–Kier alpha value is -1.66. The van der Waals surface area contributed by atoms with Gasteiger partial charge in [0.15, 0.2) is 0 Å². The number of anilines is 2. The third-order valence-corrected chi connectivity index (χ3v) is 1.84. The summed E-state index contributed by atoms with van der Waals surface area (Å²) in [6.45, 7) is 0.831. The highest BCUT2D eigenvalue weighted by atomic mass is 16.3. The number of pyridine rings is 1. The molecule has 0 unspecified atom stereocenters. The van der Waals surface area contributed by atoms with Crippen molar-refractivity contribution in [1.29, 1.82) is 0 Å². The number of rotatable bonds is 6. The van der Waals surface area contributed by atoms with E-state index in [1.165, 1.54) is 0 Å². The van der Waals surface area contributed by atoms with Gasteiger partial charge >= 0.3 is 0 Å². The van der Waals surface area contributed by atoms with Crippen LogP contribution in [-0.4, -0.2) is 35.7 Å². The van der Waals surface area contributed by atoms with Gasteiger partial charge in [-0.2, -0.15) is 0 Å². The van der Waals surface area contributed by atoms with Gasteiger partial charge in [0.1, 0.15) is 5.82 Å². The number of nitrogens with two attached hydrogens (primary N) is 1. The van der Waals surface area contributed by atoms with E-state index >= 15 is 0 Å². The number of aliphatic hydroxyl groups excluding tert-OH is 1. The highest BCUT2D eigenvalue weighted by molar-refractivity contribution is 5.90. The Bertz CT molecular complexity index is 326. The van der Waals surface area contributed by atoms with Gasteiger partial charge in [-0.3, -0.25) is 4.79 Å². The Morgan fingerprint density at radius 2 is 2.31 bits per heavy atom. The van der Waals surface area contributed by atoms with Crippen LogP contribution in [0, 0.1) is 0 Å². The van der Waals surface area contributed by atoms with E-state index in [0.717, 1.165) is 0 Å². The summed E-state index contributed by atoms with van der Waals surface area (Å²) < 4.78 is 0. The predicted octanol–water partition coefficient (Wildman–Crippen LogP) is -0.227. The Balaban J connectivity index is 2.47. The summed E-state index contributed by atoms with van der Waals surface area (Å²) in [6, 6.07) is 3.47. The molecule has 1 aromatic rings. The van der Waals surface area contributed by atoms with E-state index in [-0.39, 0.29) is 12.5 Å². The zero-order valence-electron chi connectivity index (χ0n) is 8.94. The van der Waals surface area contributed by atoms with Gasteiger partial charge in [0.25, 0.3) is 0 Å². The molecule has 1 aromatic heterocycles. The van der Waals surface area contributed by atoms with Crippen molar-refractivity contribution in [2.75, 3.05) is 30.3 Å². The maximum absolute atomic E-state index is 11.2. The van der Waals surface area contributed by atoms with Gasteiger partial charge < -0.3 is 21.5 Å². The molecule has 0 bridgehead atoms. The van der Waals surface area contributed by atoms with E-state index in [2.05, 4.69) is 15.6 Å². The van der Waals surface area contributed by atoms with Gasteiger partial charge in [-0.15, -0.1) is 0 Å². The normalized spacial score (nSPS) is 9.88. The molecule has 0 atom stereocenters. The first-order chi connectivity index (χ1) is 7.76. The number of aromatic nitrogens is 1. The number of carbonyl (C=O) groups is 1. The van der Waals surface area contributed by atoms with Crippen molar-refractivity contribution >= 4 is 17.4 Å². The van der Waals surface area contributed by atoms with Crippen LogP contribution in [0.15, 0.2) is 18.3 Å². The summed E-state index contributed by atoms with van der Waals surface area (Å²) in [5.41, 5.74) is 5.88. The van der Waals surface area contributed by atoms with Crippen LogP contribution in [-0.2, 0) is 4.79 Å². The quantitative estimate of drug-likeness (QED) is 0.535. The minimum absolute atomic E-state index is 0.0522. The number of carbonyl (C=O) groups excluding carboxylic acids is 1. The summed E-state index contributed by atoms with van der Waals surface area (Å²) in [5, 5.41) is 14.2. The lowest BCUT2D eigenvalue weighted by Gasteiger charge is -2.06. The molecule has 0 aliphatic rings. The monoisotopic (exact) mass is 224 g/mol. The summed E-state index contributed by atoms with van der Waals surface area (Å²) in [7, 11) is 0. The van der Waals surface area contributed by atoms with Crippen LogP contribution in [0.4, 0.5) is 11.5 Å². The molecule has 1 amide bonds. The van der Waals surface area contributed by atoms with E-state index in [0.29, 0.717) is 31.0 Å². The third kappa shape index (κ3) is 4.24. The lowest BCUT2D eigenvalue weighted by Crippen LogP contribution is -2.16. The molecule has 0 fully saturated rings. The lowest BCUT2D eigenvalue weighted by atomic mass is 10.3. The van der Waals surface area contributed by atoms with Crippen LogP contribution < -0.4 is 16.4 Å². The van der Waals surface area contributed by atoms with Crippen LogP contribution in [0.25, 0.3) is 0 Å². The molecule has 16 heavy (non-hydrogen) atoms.